The zero-order valence-electron chi connectivity index (χ0n) is 11.1. The van der Waals surface area contributed by atoms with Crippen molar-refractivity contribution in [3.8, 4) is 0 Å². The number of benzene rings is 1. The lowest BCUT2D eigenvalue weighted by Gasteiger charge is -2.03. The van der Waals surface area contributed by atoms with E-state index < -0.39 is 45.0 Å². The van der Waals surface area contributed by atoms with E-state index >= 15 is 0 Å². The number of nitro benzene ring substituents is 2. The number of nitro groups is 2. The van der Waals surface area contributed by atoms with Crippen LogP contribution in [0.15, 0.2) is 18.2 Å². The predicted octanol–water partition coefficient (Wildman–Crippen LogP) is 2.03. The molecule has 0 N–H and O–H groups in total. The molecule has 0 heterocycles. The van der Waals surface area contributed by atoms with Crippen molar-refractivity contribution in [1.29, 1.82) is 0 Å². The van der Waals surface area contributed by atoms with E-state index in [1.165, 1.54) is 0 Å². The molecule has 0 aliphatic carbocycles. The highest BCUT2D eigenvalue weighted by molar-refractivity contribution is 6.08. The van der Waals surface area contributed by atoms with Crippen LogP contribution in [-0.4, -0.2) is 28.2 Å². The molecule has 0 aliphatic heterocycles. The number of ether oxygens (including phenoxy) is 1. The number of Topliss-reactive ketones (excluding diaryl/α,β-unsaturated/α-hetero) is 1. The van der Waals surface area contributed by atoms with Gasteiger partial charge in [0.2, 0.25) is 0 Å². The lowest BCUT2D eigenvalue weighted by Crippen LogP contribution is -2.13. The first-order valence-corrected chi connectivity index (χ1v) is 5.98. The third kappa shape index (κ3) is 4.34. The first kappa shape index (κ1) is 16.2. The van der Waals surface area contributed by atoms with Gasteiger partial charge in [0.1, 0.15) is 12.0 Å². The molecule has 0 saturated carbocycles. The quantitative estimate of drug-likeness (QED) is 0.247. The predicted molar refractivity (Wildman–Crippen MR) is 69.9 cm³/mol. The van der Waals surface area contributed by atoms with Crippen LogP contribution in [0, 0.1) is 20.2 Å². The number of hydrogen-bond donors (Lipinski definition) is 0. The Hall–Kier alpha value is -2.84. The van der Waals surface area contributed by atoms with Gasteiger partial charge in [0.25, 0.3) is 11.4 Å². The smallest absolute Gasteiger partial charge is 0.313 e. The van der Waals surface area contributed by atoms with E-state index in [1.807, 2.05) is 0 Å². The minimum atomic E-state index is -0.897. The summed E-state index contributed by atoms with van der Waals surface area (Å²) in [7, 11) is 0. The van der Waals surface area contributed by atoms with Crippen LogP contribution < -0.4 is 0 Å². The molecule has 1 aromatic rings. The monoisotopic (exact) mass is 296 g/mol. The van der Waals surface area contributed by atoms with Gasteiger partial charge in [-0.15, -0.1) is 0 Å². The number of esters is 1. The second-order valence-electron chi connectivity index (χ2n) is 4.04. The first-order chi connectivity index (χ1) is 9.86. The van der Waals surface area contributed by atoms with Crippen molar-refractivity contribution >= 4 is 23.1 Å². The van der Waals surface area contributed by atoms with Crippen molar-refractivity contribution < 1.29 is 24.2 Å². The van der Waals surface area contributed by atoms with Crippen LogP contribution in [0.1, 0.15) is 30.1 Å². The minimum absolute atomic E-state index is 0.128. The molecule has 0 unspecified atom stereocenters. The second kappa shape index (κ2) is 7.08. The van der Waals surface area contributed by atoms with E-state index in [0.717, 1.165) is 18.2 Å². The van der Waals surface area contributed by atoms with E-state index in [1.54, 1.807) is 6.92 Å². The Bertz CT molecular complexity index is 597. The normalized spacial score (nSPS) is 9.95. The van der Waals surface area contributed by atoms with Gasteiger partial charge >= 0.3 is 5.97 Å². The maximum Gasteiger partial charge on any atom is 0.313 e. The number of ketones is 1. The van der Waals surface area contributed by atoms with E-state index in [0.29, 0.717) is 6.42 Å². The van der Waals surface area contributed by atoms with E-state index in [2.05, 4.69) is 0 Å². The summed E-state index contributed by atoms with van der Waals surface area (Å²) < 4.78 is 4.70. The maximum atomic E-state index is 11.9. The van der Waals surface area contributed by atoms with Crippen molar-refractivity contribution in [2.45, 2.75) is 19.8 Å². The Balaban J connectivity index is 3.05. The van der Waals surface area contributed by atoms with Gasteiger partial charge in [-0.1, -0.05) is 6.92 Å². The largest absolute Gasteiger partial charge is 0.465 e. The molecule has 0 aromatic heterocycles. The Kier molecular flexibility index (Phi) is 5.47. The summed E-state index contributed by atoms with van der Waals surface area (Å²) in [6.07, 6.45) is -0.140. The molecular weight excluding hydrogens is 284 g/mol. The SMILES string of the molecule is CCCOC(=O)CC(=O)c1cc([N+](=O)[O-])ccc1[N+](=O)[O-]. The van der Waals surface area contributed by atoms with Crippen LogP contribution in [0.25, 0.3) is 0 Å². The van der Waals surface area contributed by atoms with Gasteiger partial charge in [0.05, 0.1) is 16.5 Å². The fraction of sp³-hybridized carbons (Fsp3) is 0.333. The average Bonchev–Trinajstić information content (AvgIpc) is 2.44. The molecule has 0 saturated heterocycles. The minimum Gasteiger partial charge on any atom is -0.465 e. The van der Waals surface area contributed by atoms with Crippen LogP contribution in [0.2, 0.25) is 0 Å². The van der Waals surface area contributed by atoms with E-state index in [-0.39, 0.29) is 6.61 Å². The number of nitrogens with zero attached hydrogens (tertiary/aromatic N) is 2. The van der Waals surface area contributed by atoms with Crippen molar-refractivity contribution in [2.75, 3.05) is 6.61 Å². The van der Waals surface area contributed by atoms with Gasteiger partial charge in [0, 0.05) is 18.2 Å². The zero-order valence-corrected chi connectivity index (χ0v) is 11.1. The number of rotatable bonds is 7. The summed E-state index contributed by atoms with van der Waals surface area (Å²) in [6.45, 7) is 1.89. The van der Waals surface area contributed by atoms with Gasteiger partial charge in [-0.3, -0.25) is 29.8 Å². The third-order valence-corrected chi connectivity index (χ3v) is 2.46. The van der Waals surface area contributed by atoms with Gasteiger partial charge in [-0.25, -0.2) is 0 Å². The number of carbonyl (C=O) groups excluding carboxylic acids is 2. The van der Waals surface area contributed by atoms with Crippen LogP contribution in [0.4, 0.5) is 11.4 Å². The van der Waals surface area contributed by atoms with Crippen LogP contribution in [0.5, 0.6) is 0 Å². The average molecular weight is 296 g/mol. The van der Waals surface area contributed by atoms with Crippen molar-refractivity contribution in [2.24, 2.45) is 0 Å². The summed E-state index contributed by atoms with van der Waals surface area (Å²) in [6, 6.07) is 2.57. The fourth-order valence-electron chi connectivity index (χ4n) is 1.51. The van der Waals surface area contributed by atoms with Gasteiger partial charge in [0.15, 0.2) is 5.78 Å². The molecule has 21 heavy (non-hydrogen) atoms. The van der Waals surface area contributed by atoms with Crippen LogP contribution in [-0.2, 0) is 9.53 Å². The topological polar surface area (TPSA) is 130 Å². The number of carbonyl (C=O) groups is 2. The number of non-ortho nitro benzene ring substituents is 1. The summed E-state index contributed by atoms with van der Waals surface area (Å²) in [5.41, 5.74) is -1.54. The summed E-state index contributed by atoms with van der Waals surface area (Å²) >= 11 is 0. The first-order valence-electron chi connectivity index (χ1n) is 5.98. The molecule has 0 bridgehead atoms. The Labute approximate surface area is 118 Å². The van der Waals surface area contributed by atoms with E-state index in [9.17, 15) is 29.8 Å². The molecule has 0 aliphatic rings. The number of hydrogen-bond acceptors (Lipinski definition) is 7. The molecule has 1 rings (SSSR count). The summed E-state index contributed by atoms with van der Waals surface area (Å²) in [4.78, 5) is 43.1. The molecule has 112 valence electrons. The van der Waals surface area contributed by atoms with Gasteiger partial charge in [-0.05, 0) is 6.42 Å². The lowest BCUT2D eigenvalue weighted by molar-refractivity contribution is -0.389. The van der Waals surface area contributed by atoms with E-state index in [4.69, 9.17) is 4.74 Å². The standard InChI is InChI=1S/C12H12N2O7/c1-2-5-21-12(16)7-11(15)9-6-8(13(17)18)3-4-10(9)14(19)20/h3-4,6H,2,5,7H2,1H3. The molecule has 9 heteroatoms. The van der Waals surface area contributed by atoms with Crippen molar-refractivity contribution in [1.82, 2.24) is 0 Å². The highest BCUT2D eigenvalue weighted by Crippen LogP contribution is 2.25. The Morgan fingerprint density at radius 3 is 2.38 bits per heavy atom. The highest BCUT2D eigenvalue weighted by atomic mass is 16.6. The van der Waals surface area contributed by atoms with Gasteiger partial charge in [-0.2, -0.15) is 0 Å². The highest BCUT2D eigenvalue weighted by Gasteiger charge is 2.25. The molecule has 0 atom stereocenters. The summed E-state index contributed by atoms with van der Waals surface area (Å²) in [5, 5.41) is 21.5. The zero-order chi connectivity index (χ0) is 16.0. The lowest BCUT2D eigenvalue weighted by atomic mass is 10.1. The molecule has 0 spiro atoms. The van der Waals surface area contributed by atoms with Crippen LogP contribution in [0.3, 0.4) is 0 Å². The Morgan fingerprint density at radius 1 is 1.19 bits per heavy atom. The molecule has 0 fully saturated rings. The maximum absolute atomic E-state index is 11.9. The third-order valence-electron chi connectivity index (χ3n) is 2.46. The molecule has 0 radical (unpaired) electrons. The molecular formula is C12H12N2O7. The molecule has 1 aromatic carbocycles. The second-order valence-corrected chi connectivity index (χ2v) is 4.04. The molecule has 9 nitrogen and oxygen atoms in total. The summed E-state index contributed by atoms with van der Waals surface area (Å²) in [5.74, 6) is -1.73. The van der Waals surface area contributed by atoms with Crippen molar-refractivity contribution in [3.63, 3.8) is 0 Å². The molecule has 0 amide bonds. The van der Waals surface area contributed by atoms with Crippen molar-refractivity contribution in [3.05, 3.63) is 44.0 Å². The van der Waals surface area contributed by atoms with Gasteiger partial charge < -0.3 is 4.74 Å². The fourth-order valence-corrected chi connectivity index (χ4v) is 1.51. The van der Waals surface area contributed by atoms with Crippen LogP contribution >= 0.6 is 0 Å². The Morgan fingerprint density at radius 2 is 1.86 bits per heavy atom.